The van der Waals surface area contributed by atoms with E-state index in [1.807, 2.05) is 43.3 Å². The first kappa shape index (κ1) is 18.1. The van der Waals surface area contributed by atoms with Crippen LogP contribution >= 0.6 is 0 Å². The zero-order valence-corrected chi connectivity index (χ0v) is 16.2. The maximum absolute atomic E-state index is 13.3. The van der Waals surface area contributed by atoms with E-state index >= 15 is 0 Å². The summed E-state index contributed by atoms with van der Waals surface area (Å²) in [5.74, 6) is 0. The van der Waals surface area contributed by atoms with Crippen LogP contribution in [-0.4, -0.2) is 29.6 Å². The molecule has 0 bridgehead atoms. The number of aromatic amines is 1. The summed E-state index contributed by atoms with van der Waals surface area (Å²) in [6.45, 7) is 2.00. The molecule has 7 nitrogen and oxygen atoms in total. The van der Waals surface area contributed by atoms with Crippen LogP contribution in [0.1, 0.15) is 11.1 Å². The number of nitrogens with zero attached hydrogens (tertiary/aromatic N) is 3. The minimum absolute atomic E-state index is 0.145. The first-order chi connectivity index (χ1) is 13.5. The van der Waals surface area contributed by atoms with Crippen molar-refractivity contribution >= 4 is 22.0 Å². The van der Waals surface area contributed by atoms with Crippen LogP contribution in [0, 0.1) is 6.92 Å². The summed E-state index contributed by atoms with van der Waals surface area (Å²) >= 11 is 0. The number of aromatic nitrogens is 4. The van der Waals surface area contributed by atoms with Gasteiger partial charge in [0.05, 0.1) is 18.6 Å². The zero-order chi connectivity index (χ0) is 19.8. The van der Waals surface area contributed by atoms with Gasteiger partial charge < -0.3 is 4.98 Å². The van der Waals surface area contributed by atoms with Crippen LogP contribution in [0.5, 0.6) is 0 Å². The van der Waals surface area contributed by atoms with Gasteiger partial charge in [0.2, 0.25) is 0 Å². The van der Waals surface area contributed by atoms with E-state index in [1.54, 1.807) is 18.4 Å². The Hall–Kier alpha value is -3.26. The van der Waals surface area contributed by atoms with Crippen LogP contribution in [0.2, 0.25) is 0 Å². The SMILES string of the molecule is Cc1ccc([S@@](C)=O)cc1-n1c(=O)n(Cc2ccccc2)c(=O)c2[nH]cnc21. The summed E-state index contributed by atoms with van der Waals surface area (Å²) in [5, 5.41) is 0. The van der Waals surface area contributed by atoms with Crippen LogP contribution in [0.15, 0.2) is 69.3 Å². The molecule has 0 amide bonds. The maximum Gasteiger partial charge on any atom is 0.337 e. The monoisotopic (exact) mass is 394 g/mol. The molecule has 2 aromatic carbocycles. The maximum atomic E-state index is 13.3. The second kappa shape index (κ2) is 7.05. The van der Waals surface area contributed by atoms with Crippen molar-refractivity contribution in [1.82, 2.24) is 19.1 Å². The molecule has 142 valence electrons. The summed E-state index contributed by atoms with van der Waals surface area (Å²) in [6, 6.07) is 14.6. The summed E-state index contributed by atoms with van der Waals surface area (Å²) in [7, 11) is -1.21. The van der Waals surface area contributed by atoms with E-state index < -0.39 is 22.0 Å². The first-order valence-electron chi connectivity index (χ1n) is 8.64. The third kappa shape index (κ3) is 3.01. The Morgan fingerprint density at radius 3 is 2.57 bits per heavy atom. The van der Waals surface area contributed by atoms with E-state index in [0.717, 1.165) is 11.1 Å². The molecule has 0 aliphatic heterocycles. The Morgan fingerprint density at radius 2 is 1.86 bits per heavy atom. The van der Waals surface area contributed by atoms with Gasteiger partial charge in [-0.1, -0.05) is 36.4 Å². The second-order valence-corrected chi connectivity index (χ2v) is 7.88. The molecule has 1 atom stereocenters. The van der Waals surface area contributed by atoms with Gasteiger partial charge in [0.25, 0.3) is 5.56 Å². The van der Waals surface area contributed by atoms with E-state index in [0.29, 0.717) is 10.6 Å². The van der Waals surface area contributed by atoms with E-state index in [9.17, 15) is 13.8 Å². The van der Waals surface area contributed by atoms with Gasteiger partial charge in [-0.05, 0) is 30.2 Å². The standard InChI is InChI=1S/C20H18N4O3S/c1-13-8-9-15(28(2)27)10-16(13)24-18-17(21-12-22-18)19(25)23(20(24)26)11-14-6-4-3-5-7-14/h3-10,12H,11H2,1-2H3,(H,21,22)/t28-/m1/s1. The Labute approximate surface area is 162 Å². The van der Waals surface area contributed by atoms with E-state index in [1.165, 1.54) is 15.5 Å². The Bertz CT molecular complexity index is 1320. The summed E-state index contributed by atoms with van der Waals surface area (Å²) in [6.07, 6.45) is 2.98. The number of aryl methyl sites for hydroxylation is 1. The average Bonchev–Trinajstić information content (AvgIpc) is 3.17. The summed E-state index contributed by atoms with van der Waals surface area (Å²) < 4.78 is 14.5. The van der Waals surface area contributed by atoms with Crippen LogP contribution in [-0.2, 0) is 17.3 Å². The van der Waals surface area contributed by atoms with E-state index in [2.05, 4.69) is 9.97 Å². The quantitative estimate of drug-likeness (QED) is 0.573. The van der Waals surface area contributed by atoms with Crippen molar-refractivity contribution in [3.8, 4) is 5.69 Å². The van der Waals surface area contributed by atoms with Gasteiger partial charge in [-0.2, -0.15) is 0 Å². The molecule has 4 rings (SSSR count). The summed E-state index contributed by atoms with van der Waals surface area (Å²) in [5.41, 5.74) is 1.79. The van der Waals surface area contributed by atoms with Crippen LogP contribution in [0.4, 0.5) is 0 Å². The highest BCUT2D eigenvalue weighted by Crippen LogP contribution is 2.19. The molecule has 2 heterocycles. The Morgan fingerprint density at radius 1 is 1.11 bits per heavy atom. The molecule has 28 heavy (non-hydrogen) atoms. The molecule has 0 radical (unpaired) electrons. The Balaban J connectivity index is 2.04. The molecule has 4 aromatic rings. The molecule has 0 fully saturated rings. The molecule has 0 unspecified atom stereocenters. The molecule has 0 aliphatic rings. The highest BCUT2D eigenvalue weighted by atomic mass is 32.2. The molecule has 0 saturated heterocycles. The Kier molecular flexibility index (Phi) is 4.56. The minimum Gasteiger partial charge on any atom is -0.339 e. The third-order valence-electron chi connectivity index (χ3n) is 4.65. The van der Waals surface area contributed by atoms with Crippen molar-refractivity contribution in [2.75, 3.05) is 6.26 Å². The lowest BCUT2D eigenvalue weighted by atomic mass is 10.2. The van der Waals surface area contributed by atoms with Crippen molar-refractivity contribution in [3.05, 3.63) is 86.8 Å². The zero-order valence-electron chi connectivity index (χ0n) is 15.4. The fourth-order valence-corrected chi connectivity index (χ4v) is 3.72. The number of hydrogen-bond acceptors (Lipinski definition) is 4. The second-order valence-electron chi connectivity index (χ2n) is 6.50. The number of benzene rings is 2. The number of hydrogen-bond donors (Lipinski definition) is 1. The molecule has 8 heteroatoms. The minimum atomic E-state index is -1.21. The lowest BCUT2D eigenvalue weighted by Crippen LogP contribution is -2.40. The number of H-pyrrole nitrogens is 1. The fourth-order valence-electron chi connectivity index (χ4n) is 3.18. The van der Waals surface area contributed by atoms with Gasteiger partial charge in [-0.15, -0.1) is 0 Å². The molecule has 1 N–H and O–H groups in total. The van der Waals surface area contributed by atoms with Crippen molar-refractivity contribution in [2.45, 2.75) is 18.4 Å². The van der Waals surface area contributed by atoms with E-state index in [4.69, 9.17) is 0 Å². The number of imidazole rings is 1. The molecular formula is C20H18N4O3S. The van der Waals surface area contributed by atoms with Gasteiger partial charge in [-0.3, -0.25) is 13.6 Å². The van der Waals surface area contributed by atoms with Crippen molar-refractivity contribution < 1.29 is 4.21 Å². The average molecular weight is 394 g/mol. The molecule has 0 saturated carbocycles. The molecule has 2 aromatic heterocycles. The molecular weight excluding hydrogens is 376 g/mol. The highest BCUT2D eigenvalue weighted by Gasteiger charge is 2.18. The predicted octanol–water partition coefficient (Wildman–Crippen LogP) is 1.97. The van der Waals surface area contributed by atoms with Crippen molar-refractivity contribution in [1.29, 1.82) is 0 Å². The number of rotatable bonds is 4. The van der Waals surface area contributed by atoms with Crippen molar-refractivity contribution in [2.24, 2.45) is 0 Å². The normalized spacial score (nSPS) is 12.4. The lowest BCUT2D eigenvalue weighted by molar-refractivity contribution is 0.680. The van der Waals surface area contributed by atoms with Gasteiger partial charge in [0.1, 0.15) is 5.52 Å². The topological polar surface area (TPSA) is 89.8 Å². The molecule has 0 aliphatic carbocycles. The summed E-state index contributed by atoms with van der Waals surface area (Å²) in [4.78, 5) is 33.9. The highest BCUT2D eigenvalue weighted by molar-refractivity contribution is 7.84. The van der Waals surface area contributed by atoms with Gasteiger partial charge in [-0.25, -0.2) is 14.3 Å². The largest absolute Gasteiger partial charge is 0.339 e. The lowest BCUT2D eigenvalue weighted by Gasteiger charge is -2.14. The van der Waals surface area contributed by atoms with E-state index in [-0.39, 0.29) is 17.7 Å². The third-order valence-corrected chi connectivity index (χ3v) is 5.57. The van der Waals surface area contributed by atoms with Gasteiger partial charge in [0, 0.05) is 22.0 Å². The number of nitrogens with one attached hydrogen (secondary N) is 1. The number of fused-ring (bicyclic) bond motifs is 1. The van der Waals surface area contributed by atoms with Crippen LogP contribution in [0.25, 0.3) is 16.9 Å². The van der Waals surface area contributed by atoms with Crippen molar-refractivity contribution in [3.63, 3.8) is 0 Å². The first-order valence-corrected chi connectivity index (χ1v) is 10.2. The van der Waals surface area contributed by atoms with Crippen LogP contribution < -0.4 is 11.2 Å². The predicted molar refractivity (Wildman–Crippen MR) is 109 cm³/mol. The van der Waals surface area contributed by atoms with Gasteiger partial charge >= 0.3 is 5.69 Å². The fraction of sp³-hybridized carbons (Fsp3) is 0.150. The smallest absolute Gasteiger partial charge is 0.337 e. The molecule has 0 spiro atoms. The van der Waals surface area contributed by atoms with Gasteiger partial charge in [0.15, 0.2) is 5.65 Å². The van der Waals surface area contributed by atoms with Crippen LogP contribution in [0.3, 0.4) is 0 Å².